The van der Waals surface area contributed by atoms with E-state index in [4.69, 9.17) is 10.5 Å². The van der Waals surface area contributed by atoms with E-state index in [1.165, 1.54) is 55.8 Å². The lowest BCUT2D eigenvalue weighted by Crippen LogP contribution is -2.31. The number of benzene rings is 2. The zero-order valence-electron chi connectivity index (χ0n) is 18.2. The molecular formula is C24H24F2N4O3. The van der Waals surface area contributed by atoms with Crippen molar-refractivity contribution in [1.82, 2.24) is 4.57 Å². The average molecular weight is 454 g/mol. The Balaban J connectivity index is 1.71. The quantitative estimate of drug-likeness (QED) is 0.618. The maximum absolute atomic E-state index is 14.5. The monoisotopic (exact) mass is 454 g/mol. The van der Waals surface area contributed by atoms with Gasteiger partial charge in [-0.25, -0.2) is 8.78 Å². The first-order chi connectivity index (χ1) is 15.8. The smallest absolute Gasteiger partial charge is 0.268 e. The van der Waals surface area contributed by atoms with Gasteiger partial charge in [0.1, 0.15) is 22.8 Å². The Morgan fingerprint density at radius 2 is 1.97 bits per heavy atom. The number of hydrogen-bond donors (Lipinski definition) is 2. The summed E-state index contributed by atoms with van der Waals surface area (Å²) in [6.07, 6.45) is 2.11. The van der Waals surface area contributed by atoms with Gasteiger partial charge < -0.3 is 20.7 Å². The van der Waals surface area contributed by atoms with Gasteiger partial charge in [-0.2, -0.15) is 0 Å². The minimum Gasteiger partial charge on any atom is -0.494 e. The fourth-order valence-corrected chi connectivity index (χ4v) is 4.19. The van der Waals surface area contributed by atoms with Crippen LogP contribution in [0.2, 0.25) is 0 Å². The van der Waals surface area contributed by atoms with Crippen LogP contribution in [-0.2, 0) is 0 Å². The van der Waals surface area contributed by atoms with E-state index < -0.39 is 23.1 Å². The van der Waals surface area contributed by atoms with Crippen molar-refractivity contribution in [2.45, 2.75) is 25.4 Å². The summed E-state index contributed by atoms with van der Waals surface area (Å²) >= 11 is 0. The van der Waals surface area contributed by atoms with E-state index in [2.05, 4.69) is 5.32 Å². The molecule has 3 aromatic rings. The Labute approximate surface area is 189 Å². The highest BCUT2D eigenvalue weighted by Gasteiger charge is 2.29. The SMILES string of the molecule is COc1cccc(F)c1-n1cccc(C(=O)Nc2cc(F)ccc2N2CC(N)CC2C)c1=O. The predicted molar refractivity (Wildman–Crippen MR) is 122 cm³/mol. The molecular weight excluding hydrogens is 430 g/mol. The number of rotatable bonds is 5. The molecule has 0 saturated carbocycles. The number of halogens is 2. The molecule has 0 aliphatic carbocycles. The molecule has 7 nitrogen and oxygen atoms in total. The summed E-state index contributed by atoms with van der Waals surface area (Å²) in [4.78, 5) is 28.2. The lowest BCUT2D eigenvalue weighted by Gasteiger charge is -2.26. The van der Waals surface area contributed by atoms with E-state index in [1.807, 2.05) is 11.8 Å². The summed E-state index contributed by atoms with van der Waals surface area (Å²) in [6, 6.07) is 11.1. The minimum absolute atomic E-state index is 0.0364. The minimum atomic E-state index is -0.743. The fraction of sp³-hybridized carbons (Fsp3) is 0.250. The summed E-state index contributed by atoms with van der Waals surface area (Å²) in [6.45, 7) is 2.56. The van der Waals surface area contributed by atoms with E-state index in [0.29, 0.717) is 12.2 Å². The van der Waals surface area contributed by atoms with E-state index >= 15 is 0 Å². The molecule has 1 amide bonds. The van der Waals surface area contributed by atoms with Gasteiger partial charge in [0.05, 0.1) is 18.5 Å². The molecule has 1 aliphatic heterocycles. The Morgan fingerprint density at radius 3 is 2.67 bits per heavy atom. The average Bonchev–Trinajstić information content (AvgIpc) is 3.11. The third kappa shape index (κ3) is 4.31. The number of amides is 1. The van der Waals surface area contributed by atoms with Gasteiger partial charge in [-0.05, 0) is 55.8 Å². The predicted octanol–water partition coefficient (Wildman–Crippen LogP) is 3.30. The largest absolute Gasteiger partial charge is 0.494 e. The topological polar surface area (TPSA) is 89.6 Å². The fourth-order valence-electron chi connectivity index (χ4n) is 4.19. The van der Waals surface area contributed by atoms with Gasteiger partial charge in [0.2, 0.25) is 0 Å². The zero-order chi connectivity index (χ0) is 23.7. The molecule has 2 unspecified atom stereocenters. The Kier molecular flexibility index (Phi) is 6.15. The molecule has 1 fully saturated rings. The number of methoxy groups -OCH3 is 1. The lowest BCUT2D eigenvalue weighted by atomic mass is 10.2. The van der Waals surface area contributed by atoms with Crippen molar-refractivity contribution < 1.29 is 18.3 Å². The highest BCUT2D eigenvalue weighted by molar-refractivity contribution is 6.05. The van der Waals surface area contributed by atoms with Crippen molar-refractivity contribution in [1.29, 1.82) is 0 Å². The molecule has 4 rings (SSSR count). The lowest BCUT2D eigenvalue weighted by molar-refractivity contribution is 0.102. The molecule has 33 heavy (non-hydrogen) atoms. The van der Waals surface area contributed by atoms with Crippen molar-refractivity contribution in [2.24, 2.45) is 5.73 Å². The first-order valence-electron chi connectivity index (χ1n) is 10.5. The molecule has 2 heterocycles. The normalized spacial score (nSPS) is 17.8. The number of nitrogens with one attached hydrogen (secondary N) is 1. The molecule has 0 spiro atoms. The van der Waals surface area contributed by atoms with Crippen LogP contribution < -0.4 is 26.2 Å². The summed E-state index contributed by atoms with van der Waals surface area (Å²) < 4.78 is 34.8. The number of ether oxygens (including phenoxy) is 1. The van der Waals surface area contributed by atoms with E-state index in [0.717, 1.165) is 11.0 Å². The third-order valence-electron chi connectivity index (χ3n) is 5.73. The summed E-state index contributed by atoms with van der Waals surface area (Å²) in [5.74, 6) is -1.82. The van der Waals surface area contributed by atoms with Crippen molar-refractivity contribution in [3.8, 4) is 11.4 Å². The van der Waals surface area contributed by atoms with E-state index in [9.17, 15) is 18.4 Å². The van der Waals surface area contributed by atoms with Crippen LogP contribution in [0, 0.1) is 11.6 Å². The van der Waals surface area contributed by atoms with Gasteiger partial charge in [0.15, 0.2) is 5.82 Å². The van der Waals surface area contributed by atoms with Gasteiger partial charge in [-0.15, -0.1) is 0 Å². The Morgan fingerprint density at radius 1 is 1.18 bits per heavy atom. The first-order valence-corrected chi connectivity index (χ1v) is 10.5. The van der Waals surface area contributed by atoms with Gasteiger partial charge in [-0.1, -0.05) is 6.07 Å². The summed E-state index contributed by atoms with van der Waals surface area (Å²) in [5.41, 5.74) is 5.81. The van der Waals surface area contributed by atoms with Crippen LogP contribution in [0.25, 0.3) is 5.69 Å². The van der Waals surface area contributed by atoms with Gasteiger partial charge >= 0.3 is 0 Å². The van der Waals surface area contributed by atoms with Crippen LogP contribution in [0.3, 0.4) is 0 Å². The number of nitrogens with two attached hydrogens (primary N) is 1. The van der Waals surface area contributed by atoms with Crippen LogP contribution in [0.5, 0.6) is 5.75 Å². The second kappa shape index (κ2) is 9.03. The van der Waals surface area contributed by atoms with Crippen molar-refractivity contribution in [2.75, 3.05) is 23.9 Å². The number of para-hydroxylation sites is 1. The maximum atomic E-state index is 14.5. The first kappa shape index (κ1) is 22.5. The molecule has 1 aliphatic rings. The van der Waals surface area contributed by atoms with Crippen LogP contribution in [0.1, 0.15) is 23.7 Å². The van der Waals surface area contributed by atoms with E-state index in [-0.39, 0.29) is 34.8 Å². The maximum Gasteiger partial charge on any atom is 0.268 e. The number of anilines is 2. The zero-order valence-corrected chi connectivity index (χ0v) is 18.2. The third-order valence-corrected chi connectivity index (χ3v) is 5.73. The molecule has 0 bridgehead atoms. The van der Waals surface area contributed by atoms with Crippen molar-refractivity contribution >= 4 is 17.3 Å². The number of nitrogens with zero attached hydrogens (tertiary/aromatic N) is 2. The molecule has 1 saturated heterocycles. The molecule has 2 aromatic carbocycles. The highest BCUT2D eigenvalue weighted by Crippen LogP contribution is 2.32. The Bertz CT molecular complexity index is 1260. The number of carbonyl (C=O) groups excluding carboxylic acids is 1. The molecule has 1 aromatic heterocycles. The molecule has 2 atom stereocenters. The number of carbonyl (C=O) groups is 1. The summed E-state index contributed by atoms with van der Waals surface area (Å²) in [5, 5.41) is 2.64. The Hall–Kier alpha value is -3.72. The molecule has 0 radical (unpaired) electrons. The second-order valence-electron chi connectivity index (χ2n) is 8.00. The molecule has 172 valence electrons. The molecule has 3 N–H and O–H groups in total. The van der Waals surface area contributed by atoms with Gasteiger partial charge in [0.25, 0.3) is 11.5 Å². The number of pyridine rings is 1. The van der Waals surface area contributed by atoms with E-state index in [1.54, 1.807) is 6.07 Å². The number of aromatic nitrogens is 1. The second-order valence-corrected chi connectivity index (χ2v) is 8.00. The van der Waals surface area contributed by atoms with Crippen LogP contribution >= 0.6 is 0 Å². The van der Waals surface area contributed by atoms with Crippen LogP contribution in [-0.4, -0.2) is 36.2 Å². The molecule has 9 heteroatoms. The summed E-state index contributed by atoms with van der Waals surface area (Å²) in [7, 11) is 1.36. The van der Waals surface area contributed by atoms with Crippen LogP contribution in [0.15, 0.2) is 59.5 Å². The van der Waals surface area contributed by atoms with Gasteiger partial charge in [0, 0.05) is 24.8 Å². The standard InChI is InChI=1S/C24H24F2N4O3/c1-14-11-16(27)13-30(14)20-9-8-15(25)12-19(20)28-23(31)17-5-4-10-29(24(17)32)22-18(26)6-3-7-21(22)33-2/h3-10,12,14,16H,11,13,27H2,1-2H3,(H,28,31). The van der Waals surface area contributed by atoms with Gasteiger partial charge in [-0.3, -0.25) is 14.2 Å². The number of hydrogen-bond acceptors (Lipinski definition) is 5. The van der Waals surface area contributed by atoms with Crippen LogP contribution in [0.4, 0.5) is 20.2 Å². The van der Waals surface area contributed by atoms with Crippen molar-refractivity contribution in [3.05, 3.63) is 82.3 Å². The van der Waals surface area contributed by atoms with Crippen molar-refractivity contribution in [3.63, 3.8) is 0 Å². The highest BCUT2D eigenvalue weighted by atomic mass is 19.1.